The Labute approximate surface area is 260 Å². The molecule has 0 spiro atoms. The number of piperazine rings is 1. The van der Waals surface area contributed by atoms with Crippen LogP contribution in [0, 0.1) is 0 Å². The van der Waals surface area contributed by atoms with E-state index < -0.39 is 10.0 Å². The highest BCUT2D eigenvalue weighted by Gasteiger charge is 2.24. The normalized spacial score (nSPS) is 13.9. The minimum Gasteiger partial charge on any atom is -0.495 e. The lowest BCUT2D eigenvalue weighted by molar-refractivity contribution is -0.126. The van der Waals surface area contributed by atoms with Crippen molar-refractivity contribution in [1.29, 1.82) is 0 Å². The van der Waals surface area contributed by atoms with Gasteiger partial charge in [-0.05, 0) is 54.3 Å². The molecule has 1 aliphatic rings. The molecule has 11 nitrogen and oxygen atoms in total. The molecule has 0 bridgehead atoms. The summed E-state index contributed by atoms with van der Waals surface area (Å²) < 4.78 is 30.5. The van der Waals surface area contributed by atoms with Crippen molar-refractivity contribution in [2.75, 3.05) is 38.2 Å². The maximum Gasteiger partial charge on any atom is 0.246 e. The van der Waals surface area contributed by atoms with Gasteiger partial charge in [-0.3, -0.25) is 14.6 Å². The van der Waals surface area contributed by atoms with Gasteiger partial charge in [-0.15, -0.1) is 0 Å². The number of ether oxygens (including phenoxy) is 1. The maximum atomic E-state index is 12.6. The average molecular weight is 623 g/mol. The summed E-state index contributed by atoms with van der Waals surface area (Å²) in [6.07, 6.45) is 5.85. The van der Waals surface area contributed by atoms with E-state index in [0.29, 0.717) is 42.6 Å². The number of amides is 1. The van der Waals surface area contributed by atoms with E-state index in [4.69, 9.17) is 14.9 Å². The number of methoxy groups -OCH3 is 1. The van der Waals surface area contributed by atoms with Crippen LogP contribution in [-0.4, -0.2) is 73.2 Å². The smallest absolute Gasteiger partial charge is 0.246 e. The number of nitrogens with two attached hydrogens (primary N) is 1. The molecule has 3 aromatic carbocycles. The lowest BCUT2D eigenvalue weighted by atomic mass is 9.94. The molecule has 12 heteroatoms. The topological polar surface area (TPSA) is 149 Å². The van der Waals surface area contributed by atoms with Gasteiger partial charge in [0.15, 0.2) is 5.78 Å². The Morgan fingerprint density at radius 1 is 0.867 bits per heavy atom. The Morgan fingerprint density at radius 3 is 2.38 bits per heavy atom. The molecule has 2 aromatic heterocycles. The van der Waals surface area contributed by atoms with E-state index in [-0.39, 0.29) is 22.3 Å². The van der Waals surface area contributed by atoms with Crippen LogP contribution in [0.25, 0.3) is 44.1 Å². The number of carbonyl (C=O) groups excluding carboxylic acids is 2. The standard InChI is InChI=1S/C33H30N6O5S/c1-21(40)8-13-30(41)38-15-17-39(18-16-38)33-27-19-22(9-11-28(27)36-20-37-33)31-25(7-4-14-35-31)23-5-3-6-26-24(23)10-12-29(44-2)32(26)45(34,42)43/h3-14,19-20H,15-18H2,1-2H3,(H2,34,42,43). The molecule has 1 saturated heterocycles. The molecule has 3 heterocycles. The van der Waals surface area contributed by atoms with Crippen LogP contribution in [0.15, 0.2) is 90.2 Å². The molecule has 0 aliphatic carbocycles. The second kappa shape index (κ2) is 12.1. The average Bonchev–Trinajstić information content (AvgIpc) is 3.05. The molecule has 5 aromatic rings. The summed E-state index contributed by atoms with van der Waals surface area (Å²) in [5, 5.41) is 7.59. The molecule has 0 atom stereocenters. The van der Waals surface area contributed by atoms with Gasteiger partial charge in [0.05, 0.1) is 18.3 Å². The van der Waals surface area contributed by atoms with Gasteiger partial charge in [-0.25, -0.2) is 23.5 Å². The van der Waals surface area contributed by atoms with Crippen LogP contribution in [0.3, 0.4) is 0 Å². The SMILES string of the molecule is COc1ccc2c(-c3cccnc3-c3ccc4ncnc(N5CCN(C(=O)C=CC(C)=O)CC5)c4c3)cccc2c1S(N)(=O)=O. The van der Waals surface area contributed by atoms with Crippen LogP contribution in [0.5, 0.6) is 5.75 Å². The fraction of sp³-hybridized carbons (Fsp3) is 0.182. The van der Waals surface area contributed by atoms with Gasteiger partial charge in [0, 0.05) is 60.4 Å². The Kier molecular flexibility index (Phi) is 8.00. The van der Waals surface area contributed by atoms with Crippen LogP contribution >= 0.6 is 0 Å². The molecule has 2 N–H and O–H groups in total. The van der Waals surface area contributed by atoms with Gasteiger partial charge in [-0.1, -0.05) is 30.3 Å². The number of ketones is 1. The number of allylic oxidation sites excluding steroid dienone is 1. The Bertz CT molecular complexity index is 2110. The number of fused-ring (bicyclic) bond motifs is 2. The zero-order valence-corrected chi connectivity index (χ0v) is 25.5. The first-order chi connectivity index (χ1) is 21.7. The lowest BCUT2D eigenvalue weighted by Gasteiger charge is -2.35. The predicted octanol–water partition coefficient (Wildman–Crippen LogP) is 3.96. The van der Waals surface area contributed by atoms with E-state index in [0.717, 1.165) is 33.4 Å². The molecule has 0 radical (unpaired) electrons. The number of benzene rings is 3. The first kappa shape index (κ1) is 29.9. The predicted molar refractivity (Wildman–Crippen MR) is 172 cm³/mol. The molecule has 6 rings (SSSR count). The van der Waals surface area contributed by atoms with Crippen molar-refractivity contribution in [3.63, 3.8) is 0 Å². The third kappa shape index (κ3) is 5.85. The maximum absolute atomic E-state index is 12.6. The largest absolute Gasteiger partial charge is 0.495 e. The number of hydrogen-bond donors (Lipinski definition) is 1. The van der Waals surface area contributed by atoms with Crippen molar-refractivity contribution in [2.24, 2.45) is 5.14 Å². The van der Waals surface area contributed by atoms with E-state index in [9.17, 15) is 18.0 Å². The number of carbonyl (C=O) groups is 2. The summed E-state index contributed by atoms with van der Waals surface area (Å²) >= 11 is 0. The van der Waals surface area contributed by atoms with E-state index in [1.165, 1.54) is 32.5 Å². The number of rotatable bonds is 7. The molecule has 228 valence electrons. The molecule has 0 saturated carbocycles. The molecular formula is C33H30N6O5S. The zero-order chi connectivity index (χ0) is 31.7. The molecule has 1 aliphatic heterocycles. The quantitative estimate of drug-likeness (QED) is 0.266. The fourth-order valence-electron chi connectivity index (χ4n) is 5.73. The first-order valence-electron chi connectivity index (χ1n) is 14.2. The van der Waals surface area contributed by atoms with Crippen LogP contribution in [0.1, 0.15) is 6.92 Å². The van der Waals surface area contributed by atoms with Gasteiger partial charge >= 0.3 is 0 Å². The Morgan fingerprint density at radius 2 is 1.64 bits per heavy atom. The summed E-state index contributed by atoms with van der Waals surface area (Å²) in [7, 11) is -2.68. The van der Waals surface area contributed by atoms with Crippen molar-refractivity contribution >= 4 is 49.2 Å². The number of hydrogen-bond acceptors (Lipinski definition) is 9. The highest BCUT2D eigenvalue weighted by Crippen LogP contribution is 2.40. The Balaban J connectivity index is 1.40. The molecule has 1 fully saturated rings. The van der Waals surface area contributed by atoms with Gasteiger partial charge < -0.3 is 14.5 Å². The van der Waals surface area contributed by atoms with Crippen molar-refractivity contribution in [3.8, 4) is 28.1 Å². The number of sulfonamides is 1. The minimum atomic E-state index is -4.09. The number of pyridine rings is 1. The van der Waals surface area contributed by atoms with Gasteiger partial charge in [0.25, 0.3) is 0 Å². The van der Waals surface area contributed by atoms with E-state index in [1.54, 1.807) is 29.3 Å². The summed E-state index contributed by atoms with van der Waals surface area (Å²) in [6, 6.07) is 18.5. The minimum absolute atomic E-state index is 0.0704. The second-order valence-electron chi connectivity index (χ2n) is 10.6. The van der Waals surface area contributed by atoms with Gasteiger partial charge in [0.2, 0.25) is 15.9 Å². The van der Waals surface area contributed by atoms with E-state index in [1.807, 2.05) is 42.5 Å². The van der Waals surface area contributed by atoms with Crippen LogP contribution in [-0.2, 0) is 19.6 Å². The summed E-state index contributed by atoms with van der Waals surface area (Å²) in [6.45, 7) is 3.52. The third-order valence-corrected chi connectivity index (χ3v) is 8.81. The summed E-state index contributed by atoms with van der Waals surface area (Å²) in [4.78, 5) is 41.3. The first-order valence-corrected chi connectivity index (χ1v) is 15.8. The lowest BCUT2D eigenvalue weighted by Crippen LogP contribution is -2.48. The van der Waals surface area contributed by atoms with Crippen LogP contribution < -0.4 is 14.8 Å². The molecule has 45 heavy (non-hydrogen) atoms. The van der Waals surface area contributed by atoms with Crippen molar-refractivity contribution in [1.82, 2.24) is 19.9 Å². The third-order valence-electron chi connectivity index (χ3n) is 7.82. The highest BCUT2D eigenvalue weighted by molar-refractivity contribution is 7.89. The number of primary sulfonamides is 1. The zero-order valence-electron chi connectivity index (χ0n) is 24.7. The molecular weight excluding hydrogens is 592 g/mol. The fourth-order valence-corrected chi connectivity index (χ4v) is 6.64. The molecule has 1 amide bonds. The second-order valence-corrected chi connectivity index (χ2v) is 12.1. The number of nitrogens with zero attached hydrogens (tertiary/aromatic N) is 5. The monoisotopic (exact) mass is 622 g/mol. The summed E-state index contributed by atoms with van der Waals surface area (Å²) in [5.74, 6) is 0.565. The van der Waals surface area contributed by atoms with Gasteiger partial charge in [0.1, 0.15) is 22.8 Å². The van der Waals surface area contributed by atoms with Gasteiger partial charge in [-0.2, -0.15) is 0 Å². The Hall–Kier alpha value is -5.20. The highest BCUT2D eigenvalue weighted by atomic mass is 32.2. The summed E-state index contributed by atoms with van der Waals surface area (Å²) in [5.41, 5.74) is 3.88. The van der Waals surface area contributed by atoms with E-state index in [2.05, 4.69) is 14.9 Å². The molecule has 0 unspecified atom stereocenters. The van der Waals surface area contributed by atoms with Crippen molar-refractivity contribution < 1.29 is 22.7 Å². The number of aromatic nitrogens is 3. The van der Waals surface area contributed by atoms with Crippen LogP contribution in [0.2, 0.25) is 0 Å². The van der Waals surface area contributed by atoms with E-state index >= 15 is 0 Å². The van der Waals surface area contributed by atoms with Crippen molar-refractivity contribution in [2.45, 2.75) is 11.8 Å². The number of anilines is 1. The van der Waals surface area contributed by atoms with Crippen LogP contribution in [0.4, 0.5) is 5.82 Å². The van der Waals surface area contributed by atoms with Crippen molar-refractivity contribution in [3.05, 3.63) is 85.3 Å².